The molecule has 0 amide bonds. The maximum absolute atomic E-state index is 5.37. The molecule has 0 aliphatic rings. The minimum Gasteiger partial charge on any atom is -0.357 e. The minimum absolute atomic E-state index is 0.611. The predicted octanol–water partition coefficient (Wildman–Crippen LogP) is 3.77. The van der Waals surface area contributed by atoms with Crippen LogP contribution in [0.2, 0.25) is 0 Å². The van der Waals surface area contributed by atoms with E-state index in [0.717, 1.165) is 22.4 Å². The summed E-state index contributed by atoms with van der Waals surface area (Å²) < 4.78 is 2.93. The zero-order chi connectivity index (χ0) is 15.4. The first-order valence-electron chi connectivity index (χ1n) is 6.83. The average Bonchev–Trinajstić information content (AvgIpc) is 2.81. The Kier molecular flexibility index (Phi) is 5.36. The number of hydrogen-bond donors (Lipinski definition) is 2. The number of thiocarbonyl (C=S) groups is 1. The molecule has 0 aliphatic heterocycles. The topological polar surface area (TPSA) is 41.9 Å². The smallest absolute Gasteiger partial charge is 0.171 e. The molecule has 2 N–H and O–H groups in total. The number of hydrogen-bond acceptors (Lipinski definition) is 2. The van der Waals surface area contributed by atoms with Crippen molar-refractivity contribution in [3.05, 3.63) is 45.7 Å². The third-order valence-electron chi connectivity index (χ3n) is 3.25. The van der Waals surface area contributed by atoms with E-state index >= 15 is 0 Å². The third-order valence-corrected chi connectivity index (χ3v) is 4.16. The van der Waals surface area contributed by atoms with Crippen molar-refractivity contribution >= 4 is 38.9 Å². The normalized spacial score (nSPS) is 10.5. The molecule has 4 nitrogen and oxygen atoms in total. The summed E-state index contributed by atoms with van der Waals surface area (Å²) in [6.45, 7) is 7.66. The maximum Gasteiger partial charge on any atom is 0.171 e. The third kappa shape index (κ3) is 4.04. The molecule has 0 unspecified atom stereocenters. The van der Waals surface area contributed by atoms with Gasteiger partial charge in [0.25, 0.3) is 0 Å². The fourth-order valence-electron chi connectivity index (χ4n) is 2.04. The standard InChI is InChI=1S/C15H19BrN4S/c1-4-20-14(12(16)8-18-20)9-17-15(21)19-13-7-10(2)5-6-11(13)3/h5-8H,4,9H2,1-3H3,(H2,17,19,21). The van der Waals surface area contributed by atoms with Gasteiger partial charge in [0.1, 0.15) is 0 Å². The van der Waals surface area contributed by atoms with Crippen LogP contribution in [0.15, 0.2) is 28.9 Å². The highest BCUT2D eigenvalue weighted by Crippen LogP contribution is 2.17. The van der Waals surface area contributed by atoms with Crippen molar-refractivity contribution in [2.75, 3.05) is 5.32 Å². The fourth-order valence-corrected chi connectivity index (χ4v) is 2.66. The van der Waals surface area contributed by atoms with Gasteiger partial charge in [-0.1, -0.05) is 12.1 Å². The van der Waals surface area contributed by atoms with E-state index in [1.165, 1.54) is 11.1 Å². The molecular formula is C15H19BrN4S. The average molecular weight is 367 g/mol. The van der Waals surface area contributed by atoms with Crippen LogP contribution in [0, 0.1) is 13.8 Å². The van der Waals surface area contributed by atoms with Crippen LogP contribution in [0.4, 0.5) is 5.69 Å². The van der Waals surface area contributed by atoms with Gasteiger partial charge in [-0.3, -0.25) is 4.68 Å². The quantitative estimate of drug-likeness (QED) is 0.808. The number of nitrogens with zero attached hydrogens (tertiary/aromatic N) is 2. The second-order valence-corrected chi connectivity index (χ2v) is 6.14. The van der Waals surface area contributed by atoms with Crippen LogP contribution in [0.1, 0.15) is 23.7 Å². The summed E-state index contributed by atoms with van der Waals surface area (Å²) in [5.41, 5.74) is 4.50. The summed E-state index contributed by atoms with van der Waals surface area (Å²) in [4.78, 5) is 0. The minimum atomic E-state index is 0.611. The van der Waals surface area contributed by atoms with E-state index in [1.54, 1.807) is 0 Å². The lowest BCUT2D eigenvalue weighted by Crippen LogP contribution is -2.29. The fraction of sp³-hybridized carbons (Fsp3) is 0.333. The van der Waals surface area contributed by atoms with Crippen molar-refractivity contribution in [1.82, 2.24) is 15.1 Å². The first kappa shape index (κ1) is 16.0. The van der Waals surface area contributed by atoms with Crippen LogP contribution in [-0.2, 0) is 13.1 Å². The Hall–Kier alpha value is -1.40. The van der Waals surface area contributed by atoms with Gasteiger partial charge in [-0.15, -0.1) is 0 Å². The van der Waals surface area contributed by atoms with Gasteiger partial charge < -0.3 is 10.6 Å². The lowest BCUT2D eigenvalue weighted by Gasteiger charge is -2.14. The summed E-state index contributed by atoms with van der Waals surface area (Å²) in [6, 6.07) is 6.27. The molecule has 0 radical (unpaired) electrons. The molecule has 1 aromatic heterocycles. The van der Waals surface area contributed by atoms with Gasteiger partial charge in [-0.05, 0) is 66.1 Å². The first-order valence-corrected chi connectivity index (χ1v) is 8.03. The molecule has 0 saturated heterocycles. The van der Waals surface area contributed by atoms with E-state index in [9.17, 15) is 0 Å². The number of nitrogens with one attached hydrogen (secondary N) is 2. The molecule has 6 heteroatoms. The Bertz CT molecular complexity index is 651. The molecule has 0 atom stereocenters. The summed E-state index contributed by atoms with van der Waals surface area (Å²) >= 11 is 8.88. The number of benzene rings is 1. The molecule has 0 spiro atoms. The van der Waals surface area contributed by atoms with Crippen molar-refractivity contribution < 1.29 is 0 Å². The SMILES string of the molecule is CCn1ncc(Br)c1CNC(=S)Nc1cc(C)ccc1C. The summed E-state index contributed by atoms with van der Waals surface area (Å²) in [5, 5.41) is 11.4. The Morgan fingerprint density at radius 2 is 2.14 bits per heavy atom. The van der Waals surface area contributed by atoms with E-state index in [2.05, 4.69) is 70.6 Å². The monoisotopic (exact) mass is 366 g/mol. The van der Waals surface area contributed by atoms with Gasteiger partial charge in [0.2, 0.25) is 0 Å². The van der Waals surface area contributed by atoms with Crippen LogP contribution < -0.4 is 10.6 Å². The second kappa shape index (κ2) is 7.04. The lowest BCUT2D eigenvalue weighted by atomic mass is 10.1. The largest absolute Gasteiger partial charge is 0.357 e. The molecule has 2 rings (SSSR count). The van der Waals surface area contributed by atoms with E-state index in [1.807, 2.05) is 10.9 Å². The van der Waals surface area contributed by atoms with E-state index in [0.29, 0.717) is 11.7 Å². The van der Waals surface area contributed by atoms with Crippen LogP contribution in [0.3, 0.4) is 0 Å². The van der Waals surface area contributed by atoms with Crippen molar-refractivity contribution in [2.45, 2.75) is 33.9 Å². The molecule has 1 heterocycles. The molecule has 21 heavy (non-hydrogen) atoms. The second-order valence-electron chi connectivity index (χ2n) is 4.88. The Labute approximate surface area is 139 Å². The van der Waals surface area contributed by atoms with E-state index in [4.69, 9.17) is 12.2 Å². The Morgan fingerprint density at radius 3 is 2.86 bits per heavy atom. The number of halogens is 1. The summed E-state index contributed by atoms with van der Waals surface area (Å²) in [7, 11) is 0. The van der Waals surface area contributed by atoms with Crippen molar-refractivity contribution in [3.63, 3.8) is 0 Å². The number of aromatic nitrogens is 2. The molecule has 112 valence electrons. The van der Waals surface area contributed by atoms with Gasteiger partial charge in [-0.2, -0.15) is 5.10 Å². The predicted molar refractivity (Wildman–Crippen MR) is 94.6 cm³/mol. The number of anilines is 1. The van der Waals surface area contributed by atoms with Crippen LogP contribution >= 0.6 is 28.1 Å². The van der Waals surface area contributed by atoms with Gasteiger partial charge in [-0.25, -0.2) is 0 Å². The Morgan fingerprint density at radius 1 is 1.38 bits per heavy atom. The highest BCUT2D eigenvalue weighted by Gasteiger charge is 2.08. The molecule has 0 aliphatic carbocycles. The zero-order valence-corrected chi connectivity index (χ0v) is 14.8. The van der Waals surface area contributed by atoms with Gasteiger partial charge in [0.15, 0.2) is 5.11 Å². The van der Waals surface area contributed by atoms with Gasteiger partial charge in [0.05, 0.1) is 22.9 Å². The van der Waals surface area contributed by atoms with Crippen LogP contribution in [-0.4, -0.2) is 14.9 Å². The molecule has 0 bridgehead atoms. The molecule has 0 fully saturated rings. The maximum atomic E-state index is 5.37. The van der Waals surface area contributed by atoms with Crippen molar-refractivity contribution in [1.29, 1.82) is 0 Å². The van der Waals surface area contributed by atoms with Crippen LogP contribution in [0.5, 0.6) is 0 Å². The number of rotatable bonds is 4. The zero-order valence-electron chi connectivity index (χ0n) is 12.4. The van der Waals surface area contributed by atoms with Crippen LogP contribution in [0.25, 0.3) is 0 Å². The van der Waals surface area contributed by atoms with E-state index in [-0.39, 0.29) is 0 Å². The summed E-state index contributed by atoms with van der Waals surface area (Å²) in [6.07, 6.45) is 1.81. The van der Waals surface area contributed by atoms with Crippen molar-refractivity contribution in [2.24, 2.45) is 0 Å². The van der Waals surface area contributed by atoms with Gasteiger partial charge in [0, 0.05) is 12.2 Å². The summed E-state index contributed by atoms with van der Waals surface area (Å²) in [5.74, 6) is 0. The highest BCUT2D eigenvalue weighted by molar-refractivity contribution is 9.10. The first-order chi connectivity index (χ1) is 10.0. The molecule has 2 aromatic rings. The number of aryl methyl sites for hydroxylation is 3. The van der Waals surface area contributed by atoms with E-state index < -0.39 is 0 Å². The molecular weight excluding hydrogens is 348 g/mol. The molecule has 1 aromatic carbocycles. The van der Waals surface area contributed by atoms with Crippen molar-refractivity contribution in [3.8, 4) is 0 Å². The van der Waals surface area contributed by atoms with Gasteiger partial charge >= 0.3 is 0 Å². The highest BCUT2D eigenvalue weighted by atomic mass is 79.9. The molecule has 0 saturated carbocycles. The lowest BCUT2D eigenvalue weighted by molar-refractivity contribution is 0.613. The Balaban J connectivity index is 1.99.